The van der Waals surface area contributed by atoms with Gasteiger partial charge in [-0.25, -0.2) is 0 Å². The van der Waals surface area contributed by atoms with E-state index in [0.29, 0.717) is 0 Å². The molecular formula is C76H104. The Morgan fingerprint density at radius 3 is 0.592 bits per heavy atom. The van der Waals surface area contributed by atoms with Crippen molar-refractivity contribution in [2.75, 3.05) is 0 Å². The van der Waals surface area contributed by atoms with Crippen LogP contribution in [0.15, 0.2) is 231 Å². The van der Waals surface area contributed by atoms with Crippen LogP contribution in [0.1, 0.15) is 147 Å². The summed E-state index contributed by atoms with van der Waals surface area (Å²) in [6.45, 7) is 44.5. The van der Waals surface area contributed by atoms with Gasteiger partial charge in [0.1, 0.15) is 0 Å². The molecule has 0 aliphatic heterocycles. The highest BCUT2D eigenvalue weighted by atomic mass is 14.1. The first kappa shape index (κ1) is 73.2. The molecule has 0 aliphatic rings. The highest BCUT2D eigenvalue weighted by Crippen LogP contribution is 2.32. The molecule has 9 rings (SSSR count). The largest absolute Gasteiger partial charge is 0.0683 e. The standard InChI is InChI=1S/C20H18.2C19H16.9C2H6/c1-15-3-7-17(8-4-15)19-11-13-20(14-12-19)18-9-5-16(2)6-10-18;1-15-11-13-17(14-12-15)19-10-6-5-9-18(19)16-7-3-2-4-8-16;1-15-10-12-17(13-11-15)19-9-5-8-18(14-19)16-6-3-2-4-7-16;9*1-2/h3-14H,1-2H3;2*2-14H,1H3;9*1-2H3. The molecule has 0 unspecified atom stereocenters. The molecule has 0 nitrogen and oxygen atoms in total. The molecular weight excluding hydrogens is 913 g/mol. The maximum atomic E-state index is 2.25. The van der Waals surface area contributed by atoms with Gasteiger partial charge in [0.15, 0.2) is 0 Å². The lowest BCUT2D eigenvalue weighted by Crippen LogP contribution is -1.84. The Kier molecular flexibility index (Phi) is 47.1. The Bertz CT molecular complexity index is 2550. The molecule has 0 atom stereocenters. The van der Waals surface area contributed by atoms with Crippen molar-refractivity contribution in [1.82, 2.24) is 0 Å². The fourth-order valence-corrected chi connectivity index (χ4v) is 6.94. The van der Waals surface area contributed by atoms with E-state index in [1.807, 2.05) is 131 Å². The van der Waals surface area contributed by atoms with E-state index in [9.17, 15) is 0 Å². The zero-order valence-electron chi connectivity index (χ0n) is 51.9. The van der Waals surface area contributed by atoms with E-state index in [0.717, 1.165) is 0 Å². The van der Waals surface area contributed by atoms with Gasteiger partial charge in [-0.3, -0.25) is 0 Å². The number of benzene rings is 9. The zero-order valence-corrected chi connectivity index (χ0v) is 51.9. The van der Waals surface area contributed by atoms with Gasteiger partial charge in [-0.05, 0) is 101 Å². The molecule has 0 heterocycles. The van der Waals surface area contributed by atoms with E-state index < -0.39 is 0 Å². The third kappa shape index (κ3) is 27.0. The van der Waals surface area contributed by atoms with Gasteiger partial charge in [0.25, 0.3) is 0 Å². The van der Waals surface area contributed by atoms with Crippen LogP contribution in [0.25, 0.3) is 66.8 Å². The van der Waals surface area contributed by atoms with Gasteiger partial charge in [0.05, 0.1) is 0 Å². The maximum Gasteiger partial charge on any atom is -0.0105 e. The fraction of sp³-hybridized carbons (Fsp3) is 0.289. The Morgan fingerprint density at radius 2 is 0.316 bits per heavy atom. The lowest BCUT2D eigenvalue weighted by Gasteiger charge is -2.10. The van der Waals surface area contributed by atoms with Crippen LogP contribution in [0.2, 0.25) is 0 Å². The minimum absolute atomic E-state index is 1.26. The summed E-state index contributed by atoms with van der Waals surface area (Å²) in [5, 5.41) is 0. The highest BCUT2D eigenvalue weighted by molar-refractivity contribution is 5.83. The van der Waals surface area contributed by atoms with Crippen molar-refractivity contribution in [1.29, 1.82) is 0 Å². The van der Waals surface area contributed by atoms with Gasteiger partial charge in [-0.1, -0.05) is 371 Å². The molecule has 0 saturated carbocycles. The minimum Gasteiger partial charge on any atom is -0.0683 e. The molecule has 0 spiro atoms. The molecule has 408 valence electrons. The molecule has 0 bridgehead atoms. The van der Waals surface area contributed by atoms with Crippen molar-refractivity contribution in [3.05, 3.63) is 253 Å². The summed E-state index contributed by atoms with van der Waals surface area (Å²) in [5.74, 6) is 0. The monoisotopic (exact) mass is 1020 g/mol. The molecule has 0 fully saturated rings. The predicted molar refractivity (Wildman–Crippen MR) is 353 cm³/mol. The summed E-state index contributed by atoms with van der Waals surface area (Å²) < 4.78 is 0. The Morgan fingerprint density at radius 1 is 0.145 bits per heavy atom. The van der Waals surface area contributed by atoms with Crippen LogP contribution in [0.3, 0.4) is 0 Å². The molecule has 0 N–H and O–H groups in total. The SMILES string of the molecule is CC.CC.CC.CC.CC.CC.CC.CC.CC.Cc1ccc(-c2ccc(-c3ccc(C)cc3)cc2)cc1.Cc1ccc(-c2cccc(-c3ccccc3)c2)cc1.Cc1ccc(-c2ccccc2-c2ccccc2)cc1. The fourth-order valence-electron chi connectivity index (χ4n) is 6.94. The lowest BCUT2D eigenvalue weighted by atomic mass is 9.94. The molecule has 0 aliphatic carbocycles. The van der Waals surface area contributed by atoms with Crippen molar-refractivity contribution in [3.8, 4) is 66.8 Å². The van der Waals surface area contributed by atoms with Crippen molar-refractivity contribution in [2.24, 2.45) is 0 Å². The van der Waals surface area contributed by atoms with Crippen LogP contribution in [-0.2, 0) is 0 Å². The first-order valence-electron chi connectivity index (χ1n) is 29.1. The van der Waals surface area contributed by atoms with Crippen LogP contribution in [0.5, 0.6) is 0 Å². The first-order valence-corrected chi connectivity index (χ1v) is 29.1. The van der Waals surface area contributed by atoms with Crippen molar-refractivity contribution in [2.45, 2.75) is 152 Å². The third-order valence-electron chi connectivity index (χ3n) is 10.4. The molecule has 0 radical (unpaired) electrons. The van der Waals surface area contributed by atoms with Crippen molar-refractivity contribution < 1.29 is 0 Å². The van der Waals surface area contributed by atoms with Crippen molar-refractivity contribution >= 4 is 0 Å². The number of hydrogen-bond donors (Lipinski definition) is 0. The van der Waals surface area contributed by atoms with Crippen LogP contribution in [0.4, 0.5) is 0 Å². The average molecular weight is 1020 g/mol. The van der Waals surface area contributed by atoms with Crippen molar-refractivity contribution in [3.63, 3.8) is 0 Å². The van der Waals surface area contributed by atoms with E-state index in [-0.39, 0.29) is 0 Å². The third-order valence-corrected chi connectivity index (χ3v) is 10.4. The quantitative estimate of drug-likeness (QED) is 0.156. The summed E-state index contributed by atoms with van der Waals surface area (Å²) in [7, 11) is 0. The van der Waals surface area contributed by atoms with Gasteiger partial charge in [-0.2, -0.15) is 0 Å². The highest BCUT2D eigenvalue weighted by Gasteiger charge is 2.06. The second-order valence-corrected chi connectivity index (χ2v) is 14.9. The van der Waals surface area contributed by atoms with Crippen LogP contribution in [0, 0.1) is 27.7 Å². The molecule has 76 heavy (non-hydrogen) atoms. The zero-order chi connectivity index (χ0) is 58.1. The summed E-state index contributed by atoms with van der Waals surface area (Å²) in [4.78, 5) is 0. The molecule has 0 amide bonds. The molecule has 0 aromatic heterocycles. The number of aryl methyl sites for hydroxylation is 4. The number of hydrogen-bond acceptors (Lipinski definition) is 0. The predicted octanol–water partition coefficient (Wildman–Crippen LogP) is 25.5. The normalized spacial score (nSPS) is 8.66. The van der Waals surface area contributed by atoms with E-state index in [1.54, 1.807) is 0 Å². The lowest BCUT2D eigenvalue weighted by molar-refractivity contribution is 1.46. The molecule has 0 saturated heterocycles. The van der Waals surface area contributed by atoms with Gasteiger partial charge in [0.2, 0.25) is 0 Å². The Labute approximate surface area is 469 Å². The van der Waals surface area contributed by atoms with E-state index in [2.05, 4.69) is 252 Å². The second kappa shape index (κ2) is 48.9. The van der Waals surface area contributed by atoms with Gasteiger partial charge >= 0.3 is 0 Å². The second-order valence-electron chi connectivity index (χ2n) is 14.9. The first-order chi connectivity index (χ1) is 37.4. The maximum absolute atomic E-state index is 2.25. The van der Waals surface area contributed by atoms with Crippen LogP contribution in [-0.4, -0.2) is 0 Å². The van der Waals surface area contributed by atoms with Gasteiger partial charge in [-0.15, -0.1) is 0 Å². The minimum atomic E-state index is 1.26. The van der Waals surface area contributed by atoms with E-state index in [4.69, 9.17) is 0 Å². The summed E-state index contributed by atoms with van der Waals surface area (Å²) in [5.41, 5.74) is 20.4. The number of rotatable bonds is 6. The summed E-state index contributed by atoms with van der Waals surface area (Å²) in [6, 6.07) is 81.8. The van der Waals surface area contributed by atoms with Gasteiger partial charge in [0, 0.05) is 0 Å². The summed E-state index contributed by atoms with van der Waals surface area (Å²) >= 11 is 0. The van der Waals surface area contributed by atoms with E-state index >= 15 is 0 Å². The topological polar surface area (TPSA) is 0 Å². The van der Waals surface area contributed by atoms with Crippen LogP contribution >= 0.6 is 0 Å². The van der Waals surface area contributed by atoms with E-state index in [1.165, 1.54) is 89.0 Å². The molecule has 0 heteroatoms. The smallest absolute Gasteiger partial charge is 0.0105 e. The Hall–Kier alpha value is -7.02. The van der Waals surface area contributed by atoms with Gasteiger partial charge < -0.3 is 0 Å². The van der Waals surface area contributed by atoms with Crippen LogP contribution < -0.4 is 0 Å². The Balaban J connectivity index is -0.000000913. The molecule has 9 aromatic rings. The molecule has 9 aromatic carbocycles. The average Bonchev–Trinajstić information content (AvgIpc) is 3.53. The summed E-state index contributed by atoms with van der Waals surface area (Å²) in [6.07, 6.45) is 0.